The first-order valence-electron chi connectivity index (χ1n) is 6.49. The number of rotatable bonds is 2. The molecule has 0 spiro atoms. The second kappa shape index (κ2) is 5.65. The van der Waals surface area contributed by atoms with Gasteiger partial charge in [0.2, 0.25) is 5.91 Å². The van der Waals surface area contributed by atoms with Crippen LogP contribution in [0.2, 0.25) is 0 Å². The highest BCUT2D eigenvalue weighted by Crippen LogP contribution is 2.23. The molecule has 0 aliphatic carbocycles. The molecule has 0 aromatic heterocycles. The van der Waals surface area contributed by atoms with Gasteiger partial charge in [0.1, 0.15) is 11.5 Å². The maximum absolute atomic E-state index is 13.8. The first kappa shape index (κ1) is 13.9. The molecule has 3 nitrogen and oxygen atoms in total. The van der Waals surface area contributed by atoms with Gasteiger partial charge in [-0.25, -0.2) is 8.78 Å². The van der Waals surface area contributed by atoms with Gasteiger partial charge in [-0.2, -0.15) is 0 Å². The molecule has 0 saturated carbocycles. The van der Waals surface area contributed by atoms with Crippen LogP contribution in [0.15, 0.2) is 12.1 Å². The zero-order valence-electron chi connectivity index (χ0n) is 11.1. The van der Waals surface area contributed by atoms with E-state index < -0.39 is 17.7 Å². The van der Waals surface area contributed by atoms with Crippen molar-refractivity contribution in [2.75, 3.05) is 11.9 Å². The van der Waals surface area contributed by atoms with Crippen molar-refractivity contribution in [2.24, 2.45) is 5.92 Å². The van der Waals surface area contributed by atoms with Gasteiger partial charge in [-0.05, 0) is 43.9 Å². The summed E-state index contributed by atoms with van der Waals surface area (Å²) in [6.07, 6.45) is 1.95. The van der Waals surface area contributed by atoms with E-state index in [1.54, 1.807) is 0 Å². The molecule has 5 heteroatoms. The van der Waals surface area contributed by atoms with Crippen molar-refractivity contribution in [3.63, 3.8) is 0 Å². The summed E-state index contributed by atoms with van der Waals surface area (Å²) in [6, 6.07) is 2.11. The second-order valence-electron chi connectivity index (χ2n) is 5.09. The van der Waals surface area contributed by atoms with Crippen molar-refractivity contribution in [2.45, 2.75) is 32.7 Å². The van der Waals surface area contributed by atoms with E-state index in [0.717, 1.165) is 25.5 Å². The van der Waals surface area contributed by atoms with E-state index >= 15 is 0 Å². The average Bonchev–Trinajstić information content (AvgIpc) is 2.39. The zero-order valence-corrected chi connectivity index (χ0v) is 11.1. The molecular weight excluding hydrogens is 250 g/mol. The maximum atomic E-state index is 13.8. The number of amides is 1. The largest absolute Gasteiger partial charge is 0.320 e. The molecule has 1 aromatic rings. The van der Waals surface area contributed by atoms with Crippen LogP contribution in [-0.2, 0) is 4.79 Å². The van der Waals surface area contributed by atoms with Crippen molar-refractivity contribution in [1.29, 1.82) is 0 Å². The molecule has 2 rings (SSSR count). The predicted molar refractivity (Wildman–Crippen MR) is 69.9 cm³/mol. The van der Waals surface area contributed by atoms with E-state index in [2.05, 4.69) is 10.6 Å². The van der Waals surface area contributed by atoms with Crippen LogP contribution in [0.4, 0.5) is 14.5 Å². The quantitative estimate of drug-likeness (QED) is 0.865. The lowest BCUT2D eigenvalue weighted by molar-refractivity contribution is -0.119. The number of anilines is 1. The molecule has 19 heavy (non-hydrogen) atoms. The SMILES string of the molecule is Cc1ccc(F)c(NC(=O)C2NCCCC2C)c1F. The number of aryl methyl sites for hydroxylation is 1. The molecule has 1 fully saturated rings. The third-order valence-corrected chi connectivity index (χ3v) is 3.58. The van der Waals surface area contributed by atoms with Gasteiger partial charge < -0.3 is 10.6 Å². The van der Waals surface area contributed by atoms with E-state index in [0.29, 0.717) is 5.56 Å². The topological polar surface area (TPSA) is 41.1 Å². The van der Waals surface area contributed by atoms with Gasteiger partial charge in [-0.1, -0.05) is 13.0 Å². The van der Waals surface area contributed by atoms with Crippen LogP contribution in [0.5, 0.6) is 0 Å². The van der Waals surface area contributed by atoms with Gasteiger partial charge in [0, 0.05) is 0 Å². The summed E-state index contributed by atoms with van der Waals surface area (Å²) in [4.78, 5) is 12.1. The van der Waals surface area contributed by atoms with Gasteiger partial charge >= 0.3 is 0 Å². The second-order valence-corrected chi connectivity index (χ2v) is 5.09. The van der Waals surface area contributed by atoms with E-state index in [-0.39, 0.29) is 17.5 Å². The van der Waals surface area contributed by atoms with Crippen molar-refractivity contribution in [1.82, 2.24) is 5.32 Å². The van der Waals surface area contributed by atoms with Gasteiger partial charge in [-0.3, -0.25) is 4.79 Å². The van der Waals surface area contributed by atoms with E-state index in [4.69, 9.17) is 0 Å². The number of hydrogen-bond donors (Lipinski definition) is 2. The van der Waals surface area contributed by atoms with Crippen LogP contribution in [0.3, 0.4) is 0 Å². The van der Waals surface area contributed by atoms with Gasteiger partial charge in [0.15, 0.2) is 5.82 Å². The Kier molecular flexibility index (Phi) is 4.14. The fourth-order valence-electron chi connectivity index (χ4n) is 2.37. The molecule has 0 bridgehead atoms. The van der Waals surface area contributed by atoms with Crippen LogP contribution in [-0.4, -0.2) is 18.5 Å². The summed E-state index contributed by atoms with van der Waals surface area (Å²) in [5, 5.41) is 5.45. The lowest BCUT2D eigenvalue weighted by Gasteiger charge is -2.29. The molecular formula is C14H18F2N2O. The number of piperidine rings is 1. The van der Waals surface area contributed by atoms with Gasteiger partial charge in [-0.15, -0.1) is 0 Å². The Balaban J connectivity index is 2.17. The minimum Gasteiger partial charge on any atom is -0.320 e. The molecule has 2 unspecified atom stereocenters. The van der Waals surface area contributed by atoms with Crippen LogP contribution in [0.1, 0.15) is 25.3 Å². The van der Waals surface area contributed by atoms with Crippen molar-refractivity contribution < 1.29 is 13.6 Å². The average molecular weight is 268 g/mol. The molecule has 1 amide bonds. The molecule has 1 heterocycles. The maximum Gasteiger partial charge on any atom is 0.241 e. The molecule has 0 radical (unpaired) electrons. The van der Waals surface area contributed by atoms with Crippen LogP contribution in [0.25, 0.3) is 0 Å². The van der Waals surface area contributed by atoms with Crippen molar-refractivity contribution in [3.05, 3.63) is 29.3 Å². The third kappa shape index (κ3) is 2.92. The Morgan fingerprint density at radius 2 is 2.16 bits per heavy atom. The summed E-state index contributed by atoms with van der Waals surface area (Å²) in [5.41, 5.74) is -0.0501. The molecule has 2 N–H and O–H groups in total. The Bertz CT molecular complexity index is 491. The normalized spacial score (nSPS) is 23.2. The summed E-state index contributed by atoms with van der Waals surface area (Å²) in [5.74, 6) is -1.68. The molecule has 2 atom stereocenters. The number of hydrogen-bond acceptors (Lipinski definition) is 2. The highest BCUT2D eigenvalue weighted by molar-refractivity contribution is 5.95. The van der Waals surface area contributed by atoms with Gasteiger partial charge in [0.05, 0.1) is 6.04 Å². The number of carbonyl (C=O) groups is 1. The fraction of sp³-hybridized carbons (Fsp3) is 0.500. The molecule has 1 aliphatic rings. The molecule has 104 valence electrons. The minimum atomic E-state index is -0.750. The van der Waals surface area contributed by atoms with Gasteiger partial charge in [0.25, 0.3) is 0 Å². The summed E-state index contributed by atoms with van der Waals surface area (Å²) in [6.45, 7) is 4.24. The predicted octanol–water partition coefficient (Wildman–Crippen LogP) is 2.60. The van der Waals surface area contributed by atoms with Crippen LogP contribution < -0.4 is 10.6 Å². The fourth-order valence-corrected chi connectivity index (χ4v) is 2.37. The minimum absolute atomic E-state index is 0.157. The van der Waals surface area contributed by atoms with Crippen molar-refractivity contribution >= 4 is 11.6 Å². The summed E-state index contributed by atoms with van der Waals surface area (Å²) in [7, 11) is 0. The Hall–Kier alpha value is -1.49. The first-order valence-corrected chi connectivity index (χ1v) is 6.49. The van der Waals surface area contributed by atoms with E-state index in [9.17, 15) is 13.6 Å². The Morgan fingerprint density at radius 1 is 1.42 bits per heavy atom. The Labute approximate surface area is 111 Å². The number of halogens is 2. The third-order valence-electron chi connectivity index (χ3n) is 3.58. The highest BCUT2D eigenvalue weighted by Gasteiger charge is 2.28. The highest BCUT2D eigenvalue weighted by atomic mass is 19.1. The molecule has 1 aromatic carbocycles. The number of carbonyl (C=O) groups excluding carboxylic acids is 1. The molecule has 1 saturated heterocycles. The Morgan fingerprint density at radius 3 is 2.84 bits per heavy atom. The van der Waals surface area contributed by atoms with Crippen LogP contribution >= 0.6 is 0 Å². The van der Waals surface area contributed by atoms with Crippen LogP contribution in [0, 0.1) is 24.5 Å². The van der Waals surface area contributed by atoms with E-state index in [1.807, 2.05) is 6.92 Å². The standard InChI is InChI=1S/C14H18F2N2O/c1-8-5-6-10(15)13(11(8)16)18-14(19)12-9(2)4-3-7-17-12/h5-6,9,12,17H,3-4,7H2,1-2H3,(H,18,19). The lowest BCUT2D eigenvalue weighted by Crippen LogP contribution is -2.48. The zero-order chi connectivity index (χ0) is 14.0. The smallest absolute Gasteiger partial charge is 0.241 e. The summed E-state index contributed by atoms with van der Waals surface area (Å²) >= 11 is 0. The number of nitrogens with one attached hydrogen (secondary N) is 2. The first-order chi connectivity index (χ1) is 9.00. The number of benzene rings is 1. The van der Waals surface area contributed by atoms with Crippen molar-refractivity contribution in [3.8, 4) is 0 Å². The monoisotopic (exact) mass is 268 g/mol. The van der Waals surface area contributed by atoms with E-state index in [1.165, 1.54) is 13.0 Å². The molecule has 1 aliphatic heterocycles. The summed E-state index contributed by atoms with van der Waals surface area (Å²) < 4.78 is 27.4. The lowest BCUT2D eigenvalue weighted by atomic mass is 9.92.